The molecule has 4 aromatic rings. The van der Waals surface area contributed by atoms with Gasteiger partial charge in [0, 0.05) is 11.1 Å². The van der Waals surface area contributed by atoms with Gasteiger partial charge in [-0.2, -0.15) is 0 Å². The molecule has 0 N–H and O–H groups in total. The summed E-state index contributed by atoms with van der Waals surface area (Å²) in [4.78, 5) is 37.5. The molecule has 0 atom stereocenters. The first-order chi connectivity index (χ1) is 14.6. The summed E-state index contributed by atoms with van der Waals surface area (Å²) in [7, 11) is 0. The van der Waals surface area contributed by atoms with Crippen molar-refractivity contribution in [2.24, 2.45) is 0 Å². The van der Waals surface area contributed by atoms with E-state index >= 15 is 0 Å². The fourth-order valence-corrected chi connectivity index (χ4v) is 3.25. The van der Waals surface area contributed by atoms with Gasteiger partial charge in [-0.1, -0.05) is 109 Å². The molecule has 0 heterocycles. The summed E-state index contributed by atoms with van der Waals surface area (Å²) in [5.41, 5.74) is 4.29. The van der Waals surface area contributed by atoms with E-state index in [9.17, 15) is 14.4 Å². The molecular formula is C27H18O3. The Hall–Kier alpha value is -4.11. The van der Waals surface area contributed by atoms with Crippen LogP contribution in [0.15, 0.2) is 109 Å². The van der Waals surface area contributed by atoms with Crippen LogP contribution >= 0.6 is 0 Å². The highest BCUT2D eigenvalue weighted by atomic mass is 16.2. The minimum atomic E-state index is -1.03. The van der Waals surface area contributed by atoms with Crippen molar-refractivity contribution < 1.29 is 14.4 Å². The number of carbonyl (C=O) groups excluding carboxylic acids is 3. The third-order valence-corrected chi connectivity index (χ3v) is 4.92. The lowest BCUT2D eigenvalue weighted by atomic mass is 9.96. The Kier molecular flexibility index (Phi) is 5.44. The fourth-order valence-electron chi connectivity index (χ4n) is 3.25. The highest BCUT2D eigenvalue weighted by molar-refractivity contribution is 6.69. The van der Waals surface area contributed by atoms with Crippen LogP contribution in [0.1, 0.15) is 20.7 Å². The number of rotatable bonds is 6. The van der Waals surface area contributed by atoms with E-state index in [0.29, 0.717) is 0 Å². The molecule has 0 unspecified atom stereocenters. The topological polar surface area (TPSA) is 51.2 Å². The Bertz CT molecular complexity index is 1090. The summed E-state index contributed by atoms with van der Waals surface area (Å²) < 4.78 is 0. The maximum Gasteiger partial charge on any atom is 0.273 e. The van der Waals surface area contributed by atoms with Gasteiger partial charge in [-0.15, -0.1) is 0 Å². The van der Waals surface area contributed by atoms with E-state index in [1.807, 2.05) is 60.7 Å². The lowest BCUT2D eigenvalue weighted by molar-refractivity contribution is -0.111. The zero-order valence-electron chi connectivity index (χ0n) is 16.1. The highest BCUT2D eigenvalue weighted by Gasteiger charge is 2.25. The first kappa shape index (κ1) is 19.2. The SMILES string of the molecule is O=C(C(=O)c1ccc(-c2ccccc2)cc1)C(=O)c1ccc(-c2ccccc2)cc1. The van der Waals surface area contributed by atoms with Gasteiger partial charge in [0.1, 0.15) is 0 Å². The number of carbonyl (C=O) groups is 3. The quantitative estimate of drug-likeness (QED) is 0.243. The van der Waals surface area contributed by atoms with E-state index < -0.39 is 17.3 Å². The average Bonchev–Trinajstić information content (AvgIpc) is 2.84. The van der Waals surface area contributed by atoms with Crippen LogP contribution in [0.4, 0.5) is 0 Å². The van der Waals surface area contributed by atoms with Gasteiger partial charge in [0.25, 0.3) is 5.78 Å². The molecule has 0 amide bonds. The van der Waals surface area contributed by atoms with Crippen LogP contribution in [-0.4, -0.2) is 17.3 Å². The molecular weight excluding hydrogens is 372 g/mol. The van der Waals surface area contributed by atoms with E-state index in [2.05, 4.69) is 0 Å². The van der Waals surface area contributed by atoms with Crippen LogP contribution in [0, 0.1) is 0 Å². The Morgan fingerprint density at radius 1 is 0.367 bits per heavy atom. The third-order valence-electron chi connectivity index (χ3n) is 4.92. The van der Waals surface area contributed by atoms with Crippen molar-refractivity contribution in [3.8, 4) is 22.3 Å². The van der Waals surface area contributed by atoms with E-state index in [1.165, 1.54) is 0 Å². The lowest BCUT2D eigenvalue weighted by Gasteiger charge is -2.05. The third kappa shape index (κ3) is 4.01. The maximum atomic E-state index is 12.5. The number of hydrogen-bond donors (Lipinski definition) is 0. The van der Waals surface area contributed by atoms with Crippen molar-refractivity contribution in [1.29, 1.82) is 0 Å². The Morgan fingerprint density at radius 3 is 1.00 bits per heavy atom. The molecule has 0 aliphatic rings. The number of hydrogen-bond acceptors (Lipinski definition) is 3. The van der Waals surface area contributed by atoms with Crippen LogP contribution in [0.2, 0.25) is 0 Å². The molecule has 4 rings (SSSR count). The van der Waals surface area contributed by atoms with Crippen LogP contribution in [0.25, 0.3) is 22.3 Å². The second kappa shape index (κ2) is 8.50. The van der Waals surface area contributed by atoms with Crippen molar-refractivity contribution in [3.63, 3.8) is 0 Å². The van der Waals surface area contributed by atoms with Crippen LogP contribution < -0.4 is 0 Å². The van der Waals surface area contributed by atoms with Gasteiger partial charge in [0.05, 0.1) is 0 Å². The molecule has 0 fully saturated rings. The van der Waals surface area contributed by atoms with Crippen molar-refractivity contribution in [3.05, 3.63) is 120 Å². The Morgan fingerprint density at radius 2 is 0.667 bits per heavy atom. The van der Waals surface area contributed by atoms with E-state index in [-0.39, 0.29) is 11.1 Å². The minimum Gasteiger partial charge on any atom is -0.285 e. The van der Waals surface area contributed by atoms with Crippen molar-refractivity contribution >= 4 is 17.3 Å². The first-order valence-electron chi connectivity index (χ1n) is 9.58. The molecule has 0 saturated carbocycles. The van der Waals surface area contributed by atoms with Crippen LogP contribution in [0.5, 0.6) is 0 Å². The maximum absolute atomic E-state index is 12.5. The molecule has 0 saturated heterocycles. The summed E-state index contributed by atoms with van der Waals surface area (Å²) in [5.74, 6) is -2.63. The fraction of sp³-hybridized carbons (Fsp3) is 0. The minimum absolute atomic E-state index is 0.203. The van der Waals surface area contributed by atoms with E-state index in [4.69, 9.17) is 0 Å². The van der Waals surface area contributed by atoms with Gasteiger partial charge >= 0.3 is 0 Å². The molecule has 144 valence electrons. The molecule has 3 nitrogen and oxygen atoms in total. The van der Waals surface area contributed by atoms with Crippen molar-refractivity contribution in [2.75, 3.05) is 0 Å². The average molecular weight is 390 g/mol. The molecule has 3 heteroatoms. The summed E-state index contributed by atoms with van der Waals surface area (Å²) in [5, 5.41) is 0. The smallest absolute Gasteiger partial charge is 0.273 e. The molecule has 0 aliphatic carbocycles. The Labute approximate surface area is 174 Å². The van der Waals surface area contributed by atoms with E-state index in [1.54, 1.807) is 48.5 Å². The molecule has 0 spiro atoms. The second-order valence-electron chi connectivity index (χ2n) is 6.87. The zero-order chi connectivity index (χ0) is 20.9. The van der Waals surface area contributed by atoms with E-state index in [0.717, 1.165) is 22.3 Å². The van der Waals surface area contributed by atoms with Crippen molar-refractivity contribution in [1.82, 2.24) is 0 Å². The number of benzene rings is 4. The normalized spacial score (nSPS) is 10.4. The van der Waals surface area contributed by atoms with Gasteiger partial charge in [0.2, 0.25) is 11.6 Å². The molecule has 0 aromatic heterocycles. The van der Waals surface area contributed by atoms with Gasteiger partial charge in [-0.25, -0.2) is 0 Å². The molecule has 30 heavy (non-hydrogen) atoms. The number of ketones is 3. The second-order valence-corrected chi connectivity index (χ2v) is 6.87. The standard InChI is InChI=1S/C27H18O3/c28-25(23-15-11-21(12-16-23)19-7-3-1-4-8-19)27(30)26(29)24-17-13-22(14-18-24)20-9-5-2-6-10-20/h1-18H. The van der Waals surface area contributed by atoms with Crippen molar-refractivity contribution in [2.45, 2.75) is 0 Å². The summed E-state index contributed by atoms with van der Waals surface area (Å²) in [6.45, 7) is 0. The summed E-state index contributed by atoms with van der Waals surface area (Å²) in [6.07, 6.45) is 0. The van der Waals surface area contributed by atoms with Crippen LogP contribution in [0.3, 0.4) is 0 Å². The summed E-state index contributed by atoms with van der Waals surface area (Å²) in [6, 6.07) is 32.8. The lowest BCUT2D eigenvalue weighted by Crippen LogP contribution is -2.24. The highest BCUT2D eigenvalue weighted by Crippen LogP contribution is 2.21. The Balaban J connectivity index is 1.49. The monoisotopic (exact) mass is 390 g/mol. The largest absolute Gasteiger partial charge is 0.285 e. The van der Waals surface area contributed by atoms with Gasteiger partial charge in [-0.05, 0) is 22.3 Å². The molecule has 0 aliphatic heterocycles. The molecule has 0 bridgehead atoms. The predicted molar refractivity (Wildman–Crippen MR) is 117 cm³/mol. The van der Waals surface area contributed by atoms with Gasteiger partial charge in [0.15, 0.2) is 0 Å². The predicted octanol–water partition coefficient (Wildman–Crippen LogP) is 5.66. The van der Waals surface area contributed by atoms with Crippen LogP contribution in [-0.2, 0) is 4.79 Å². The molecule has 0 radical (unpaired) electrons. The number of Topliss-reactive ketones (excluding diaryl/α,β-unsaturated/α-hetero) is 3. The van der Waals surface area contributed by atoms with Gasteiger partial charge in [-0.3, -0.25) is 14.4 Å². The summed E-state index contributed by atoms with van der Waals surface area (Å²) >= 11 is 0. The first-order valence-corrected chi connectivity index (χ1v) is 9.58. The zero-order valence-corrected chi connectivity index (χ0v) is 16.1. The van der Waals surface area contributed by atoms with Gasteiger partial charge < -0.3 is 0 Å². The molecule has 4 aromatic carbocycles.